The molecule has 2 heterocycles. The van der Waals surface area contributed by atoms with Crippen molar-refractivity contribution in [1.82, 2.24) is 14.5 Å². The number of hydrogen-bond acceptors (Lipinski definition) is 6. The van der Waals surface area contributed by atoms with E-state index in [1.54, 1.807) is 6.92 Å². The topological polar surface area (TPSA) is 95.8 Å². The molecule has 0 radical (unpaired) electrons. The molecule has 1 atom stereocenters. The molecule has 0 aliphatic carbocycles. The number of halogens is 1. The number of sulfonamides is 1. The average molecular weight is 391 g/mol. The van der Waals surface area contributed by atoms with Crippen LogP contribution < -0.4 is 5.32 Å². The molecule has 0 spiro atoms. The minimum atomic E-state index is -3.70. The molecule has 8 nitrogen and oxygen atoms in total. The lowest BCUT2D eigenvalue weighted by Crippen LogP contribution is -2.49. The molecule has 2 saturated heterocycles. The number of benzene rings is 1. The Bertz CT molecular complexity index is 737. The van der Waals surface area contributed by atoms with Crippen LogP contribution in [0, 0.1) is 17.0 Å². The average Bonchev–Trinajstić information content (AvgIpc) is 3.06. The summed E-state index contributed by atoms with van der Waals surface area (Å²) in [4.78, 5) is 12.8. The third kappa shape index (κ3) is 4.12. The lowest BCUT2D eigenvalue weighted by Gasteiger charge is -2.32. The van der Waals surface area contributed by atoms with Crippen molar-refractivity contribution in [2.45, 2.75) is 24.3 Å². The Morgan fingerprint density at radius 2 is 1.92 bits per heavy atom. The van der Waals surface area contributed by atoms with Crippen LogP contribution in [0.25, 0.3) is 0 Å². The van der Waals surface area contributed by atoms with Crippen LogP contribution in [0.4, 0.5) is 5.69 Å². The number of piperazine rings is 1. The van der Waals surface area contributed by atoms with Crippen LogP contribution in [-0.2, 0) is 10.0 Å². The highest BCUT2D eigenvalue weighted by Gasteiger charge is 2.36. The maximum absolute atomic E-state index is 12.8. The van der Waals surface area contributed by atoms with E-state index in [2.05, 4.69) is 10.2 Å². The highest BCUT2D eigenvalue weighted by molar-refractivity contribution is 7.89. The van der Waals surface area contributed by atoms with Gasteiger partial charge in [0.1, 0.15) is 0 Å². The van der Waals surface area contributed by atoms with Gasteiger partial charge in [0.25, 0.3) is 5.69 Å². The SMILES string of the molecule is Cc1ccc(S(=O)(=O)N2CCC(N3CCNCC3)C2)cc1[N+](=O)[O-].Cl. The number of rotatable bonds is 4. The second-order valence-electron chi connectivity index (χ2n) is 6.30. The van der Waals surface area contributed by atoms with Crippen molar-refractivity contribution >= 4 is 28.1 Å². The summed E-state index contributed by atoms with van der Waals surface area (Å²) in [6.07, 6.45) is 0.799. The predicted octanol–water partition coefficient (Wildman–Crippen LogP) is 0.993. The van der Waals surface area contributed by atoms with Crippen LogP contribution >= 0.6 is 12.4 Å². The maximum Gasteiger partial charge on any atom is 0.273 e. The third-order valence-corrected chi connectivity index (χ3v) is 6.67. The van der Waals surface area contributed by atoms with Crippen LogP contribution in [0.3, 0.4) is 0 Å². The molecule has 1 unspecified atom stereocenters. The Balaban J connectivity index is 0.00000225. The van der Waals surface area contributed by atoms with Crippen LogP contribution in [0.5, 0.6) is 0 Å². The van der Waals surface area contributed by atoms with Gasteiger partial charge >= 0.3 is 0 Å². The van der Waals surface area contributed by atoms with E-state index in [1.807, 2.05) is 0 Å². The van der Waals surface area contributed by atoms with E-state index >= 15 is 0 Å². The summed E-state index contributed by atoms with van der Waals surface area (Å²) in [6, 6.07) is 4.34. The van der Waals surface area contributed by atoms with Crippen molar-refractivity contribution in [3.05, 3.63) is 33.9 Å². The van der Waals surface area contributed by atoms with Crippen LogP contribution in [0.15, 0.2) is 23.1 Å². The molecule has 0 saturated carbocycles. The molecule has 0 amide bonds. The summed E-state index contributed by atoms with van der Waals surface area (Å²) in [7, 11) is -3.70. The minimum absolute atomic E-state index is 0. The predicted molar refractivity (Wildman–Crippen MR) is 96.7 cm³/mol. The molecular formula is C15H23ClN4O4S. The molecule has 1 aromatic rings. The van der Waals surface area contributed by atoms with Crippen LogP contribution in [0.2, 0.25) is 0 Å². The molecule has 25 heavy (non-hydrogen) atoms. The van der Waals surface area contributed by atoms with Gasteiger partial charge in [0.05, 0.1) is 9.82 Å². The molecule has 1 aromatic carbocycles. The first kappa shape index (κ1) is 20.1. The summed E-state index contributed by atoms with van der Waals surface area (Å²) in [5, 5.41) is 14.4. The fraction of sp³-hybridized carbons (Fsp3) is 0.600. The molecule has 10 heteroatoms. The van der Waals surface area contributed by atoms with Crippen molar-refractivity contribution in [3.8, 4) is 0 Å². The fourth-order valence-electron chi connectivity index (χ4n) is 3.37. The largest absolute Gasteiger partial charge is 0.314 e. The van der Waals surface area contributed by atoms with E-state index in [0.717, 1.165) is 32.6 Å². The van der Waals surface area contributed by atoms with Gasteiger partial charge in [-0.05, 0) is 19.4 Å². The smallest absolute Gasteiger partial charge is 0.273 e. The Labute approximate surface area is 153 Å². The lowest BCUT2D eigenvalue weighted by atomic mass is 10.2. The van der Waals surface area contributed by atoms with E-state index in [4.69, 9.17) is 0 Å². The highest BCUT2D eigenvalue weighted by Crippen LogP contribution is 2.27. The Hall–Kier alpha value is -1.26. The van der Waals surface area contributed by atoms with Crippen LogP contribution in [0.1, 0.15) is 12.0 Å². The van der Waals surface area contributed by atoms with Gasteiger partial charge in [-0.1, -0.05) is 6.07 Å². The summed E-state index contributed by atoms with van der Waals surface area (Å²) >= 11 is 0. The number of nitrogens with one attached hydrogen (secondary N) is 1. The van der Waals surface area contributed by atoms with Crippen LogP contribution in [-0.4, -0.2) is 67.9 Å². The Morgan fingerprint density at radius 3 is 2.56 bits per heavy atom. The Morgan fingerprint density at radius 1 is 1.24 bits per heavy atom. The zero-order valence-corrected chi connectivity index (χ0v) is 15.7. The molecular weight excluding hydrogens is 368 g/mol. The second kappa shape index (κ2) is 7.96. The normalized spacial score (nSPS) is 22.5. The number of nitro groups is 1. The van der Waals surface area contributed by atoms with Crippen molar-refractivity contribution in [3.63, 3.8) is 0 Å². The van der Waals surface area contributed by atoms with Crippen molar-refractivity contribution in [2.24, 2.45) is 0 Å². The van der Waals surface area contributed by atoms with Gasteiger partial charge in [-0.3, -0.25) is 15.0 Å². The summed E-state index contributed by atoms with van der Waals surface area (Å²) in [5.74, 6) is 0. The lowest BCUT2D eigenvalue weighted by molar-refractivity contribution is -0.385. The van der Waals surface area contributed by atoms with E-state index < -0.39 is 14.9 Å². The van der Waals surface area contributed by atoms with Crippen molar-refractivity contribution < 1.29 is 13.3 Å². The van der Waals surface area contributed by atoms with E-state index in [-0.39, 0.29) is 29.0 Å². The first-order valence-electron chi connectivity index (χ1n) is 8.09. The molecule has 2 fully saturated rings. The first-order chi connectivity index (χ1) is 11.4. The standard InChI is InChI=1S/C15H22N4O4S.ClH/c1-12-2-3-14(10-15(12)19(20)21)24(22,23)18-7-4-13(11-18)17-8-5-16-6-9-17;/h2-3,10,13,16H,4-9,11H2,1H3;1H. The van der Waals surface area contributed by atoms with Gasteiger partial charge in [0.15, 0.2) is 0 Å². The molecule has 0 bridgehead atoms. The van der Waals surface area contributed by atoms with Gasteiger partial charge in [-0.15, -0.1) is 12.4 Å². The first-order valence-corrected chi connectivity index (χ1v) is 9.53. The van der Waals surface area contributed by atoms with Crippen molar-refractivity contribution in [1.29, 1.82) is 0 Å². The number of nitro benzene ring substituents is 1. The van der Waals surface area contributed by atoms with Gasteiger partial charge in [0.2, 0.25) is 10.0 Å². The van der Waals surface area contributed by atoms with Gasteiger partial charge in [-0.25, -0.2) is 8.42 Å². The molecule has 2 aliphatic rings. The number of aryl methyl sites for hydroxylation is 1. The zero-order chi connectivity index (χ0) is 17.3. The van der Waals surface area contributed by atoms with E-state index in [9.17, 15) is 18.5 Å². The minimum Gasteiger partial charge on any atom is -0.314 e. The summed E-state index contributed by atoms with van der Waals surface area (Å²) in [6.45, 7) is 6.21. The van der Waals surface area contributed by atoms with Gasteiger partial charge in [-0.2, -0.15) is 4.31 Å². The van der Waals surface area contributed by atoms with E-state index in [0.29, 0.717) is 18.7 Å². The maximum atomic E-state index is 12.8. The molecule has 3 rings (SSSR count). The number of nitrogens with zero attached hydrogens (tertiary/aromatic N) is 3. The third-order valence-electron chi connectivity index (χ3n) is 4.81. The fourth-order valence-corrected chi connectivity index (χ4v) is 4.88. The highest BCUT2D eigenvalue weighted by atomic mass is 35.5. The summed E-state index contributed by atoms with van der Waals surface area (Å²) in [5.41, 5.74) is 0.299. The molecule has 2 aliphatic heterocycles. The van der Waals surface area contributed by atoms with E-state index in [1.165, 1.54) is 22.5 Å². The zero-order valence-electron chi connectivity index (χ0n) is 14.1. The quantitative estimate of drug-likeness (QED) is 0.608. The monoisotopic (exact) mass is 390 g/mol. The number of hydrogen-bond donors (Lipinski definition) is 1. The van der Waals surface area contributed by atoms with Gasteiger partial charge in [0, 0.05) is 56.9 Å². The molecule has 140 valence electrons. The second-order valence-corrected chi connectivity index (χ2v) is 8.23. The molecule has 1 N–H and O–H groups in total. The Kier molecular flexibility index (Phi) is 6.39. The summed E-state index contributed by atoms with van der Waals surface area (Å²) < 4.78 is 27.1. The van der Waals surface area contributed by atoms with Gasteiger partial charge < -0.3 is 5.32 Å². The molecule has 0 aromatic heterocycles. The van der Waals surface area contributed by atoms with Crippen molar-refractivity contribution in [2.75, 3.05) is 39.3 Å².